The fraction of sp³-hybridized carbons (Fsp3) is 0.235. The molecular weight excluding hydrogens is 328 g/mol. The van der Waals surface area contributed by atoms with Gasteiger partial charge >= 0.3 is 0 Å². The number of aryl methyl sites for hydroxylation is 1. The van der Waals surface area contributed by atoms with E-state index in [1.807, 2.05) is 25.2 Å². The van der Waals surface area contributed by atoms with Crippen molar-refractivity contribution in [3.8, 4) is 0 Å². The van der Waals surface area contributed by atoms with Crippen molar-refractivity contribution in [2.24, 2.45) is 7.05 Å². The Bertz CT molecular complexity index is 878. The molecule has 3 aromatic rings. The number of carbonyl (C=O) groups excluding carboxylic acids is 1. The first-order chi connectivity index (χ1) is 11.6. The van der Waals surface area contributed by atoms with Crippen LogP contribution in [0.25, 0.3) is 11.2 Å². The topological polar surface area (TPSA) is 69.0 Å². The molecule has 6 nitrogen and oxygen atoms in total. The zero-order valence-electron chi connectivity index (χ0n) is 13.4. The van der Waals surface area contributed by atoms with Crippen LogP contribution in [-0.4, -0.2) is 34.1 Å². The van der Waals surface area contributed by atoms with Crippen LogP contribution in [0.15, 0.2) is 42.9 Å². The van der Waals surface area contributed by atoms with Crippen LogP contribution in [-0.2, 0) is 11.8 Å². The molecule has 0 saturated heterocycles. The van der Waals surface area contributed by atoms with Crippen LogP contribution in [0.1, 0.15) is 22.0 Å². The van der Waals surface area contributed by atoms with E-state index in [9.17, 15) is 4.79 Å². The maximum atomic E-state index is 12.4. The molecule has 0 bridgehead atoms. The van der Waals surface area contributed by atoms with Crippen molar-refractivity contribution in [1.29, 1.82) is 0 Å². The van der Waals surface area contributed by atoms with E-state index in [4.69, 9.17) is 16.3 Å². The summed E-state index contributed by atoms with van der Waals surface area (Å²) in [7, 11) is 3.44. The minimum atomic E-state index is -0.325. The highest BCUT2D eigenvalue weighted by Crippen LogP contribution is 2.24. The number of aromatic nitrogens is 3. The molecule has 0 saturated carbocycles. The Morgan fingerprint density at radius 2 is 2.17 bits per heavy atom. The molecule has 0 radical (unpaired) electrons. The normalized spacial score (nSPS) is 12.3. The lowest BCUT2D eigenvalue weighted by molar-refractivity contribution is 0.0828. The number of nitrogens with zero attached hydrogens (tertiary/aromatic N) is 3. The van der Waals surface area contributed by atoms with Gasteiger partial charge in [0.05, 0.1) is 11.9 Å². The summed E-state index contributed by atoms with van der Waals surface area (Å²) in [5, 5.41) is 3.46. The summed E-state index contributed by atoms with van der Waals surface area (Å²) in [5.74, 6) is -0.232. The van der Waals surface area contributed by atoms with Gasteiger partial charge in [-0.05, 0) is 12.1 Å². The number of pyridine rings is 1. The fourth-order valence-corrected chi connectivity index (χ4v) is 2.74. The predicted molar refractivity (Wildman–Crippen MR) is 92.0 cm³/mol. The number of amides is 1. The van der Waals surface area contributed by atoms with Gasteiger partial charge < -0.3 is 14.6 Å². The van der Waals surface area contributed by atoms with Gasteiger partial charge in [0.2, 0.25) is 0 Å². The van der Waals surface area contributed by atoms with Crippen molar-refractivity contribution >= 4 is 28.7 Å². The number of imidazole rings is 1. The quantitative estimate of drug-likeness (QED) is 0.772. The van der Waals surface area contributed by atoms with E-state index >= 15 is 0 Å². The van der Waals surface area contributed by atoms with Crippen molar-refractivity contribution in [2.45, 2.75) is 6.10 Å². The van der Waals surface area contributed by atoms with Gasteiger partial charge in [0, 0.05) is 37.5 Å². The third kappa shape index (κ3) is 3.25. The second-order valence-electron chi connectivity index (χ2n) is 5.38. The first-order valence-electron chi connectivity index (χ1n) is 7.42. The second-order valence-corrected chi connectivity index (χ2v) is 5.79. The van der Waals surface area contributed by atoms with Crippen LogP contribution in [0.4, 0.5) is 0 Å². The number of halogens is 1. The smallest absolute Gasteiger partial charge is 0.253 e. The lowest BCUT2D eigenvalue weighted by Crippen LogP contribution is -2.29. The molecule has 24 heavy (non-hydrogen) atoms. The van der Waals surface area contributed by atoms with Crippen LogP contribution in [0, 0.1) is 0 Å². The molecule has 0 fully saturated rings. The van der Waals surface area contributed by atoms with E-state index in [1.165, 1.54) is 6.20 Å². The average molecular weight is 345 g/mol. The molecule has 1 amide bonds. The molecular formula is C17H17ClN4O2. The highest BCUT2D eigenvalue weighted by Gasteiger charge is 2.16. The Kier molecular flexibility index (Phi) is 4.78. The van der Waals surface area contributed by atoms with E-state index < -0.39 is 0 Å². The molecule has 3 rings (SSSR count). The van der Waals surface area contributed by atoms with E-state index in [-0.39, 0.29) is 12.0 Å². The molecule has 0 aliphatic rings. The van der Waals surface area contributed by atoms with Gasteiger partial charge in [-0.25, -0.2) is 9.97 Å². The summed E-state index contributed by atoms with van der Waals surface area (Å²) >= 11 is 6.18. The number of benzene rings is 1. The summed E-state index contributed by atoms with van der Waals surface area (Å²) in [6, 6.07) is 9.13. The first-order valence-corrected chi connectivity index (χ1v) is 7.80. The van der Waals surface area contributed by atoms with Gasteiger partial charge in [-0.1, -0.05) is 29.8 Å². The summed E-state index contributed by atoms with van der Waals surface area (Å²) in [6.07, 6.45) is 2.88. The van der Waals surface area contributed by atoms with Crippen molar-refractivity contribution < 1.29 is 9.53 Å². The Morgan fingerprint density at radius 1 is 1.38 bits per heavy atom. The van der Waals surface area contributed by atoms with Crippen LogP contribution >= 0.6 is 11.6 Å². The molecule has 1 atom stereocenters. The van der Waals surface area contributed by atoms with Crippen LogP contribution in [0.3, 0.4) is 0 Å². The molecule has 124 valence electrons. The molecule has 1 N–H and O–H groups in total. The number of rotatable bonds is 5. The molecule has 2 aromatic heterocycles. The number of nitrogens with one attached hydrogen (secondary N) is 1. The van der Waals surface area contributed by atoms with Crippen molar-refractivity contribution in [1.82, 2.24) is 19.9 Å². The summed E-state index contributed by atoms with van der Waals surface area (Å²) in [4.78, 5) is 20.8. The minimum absolute atomic E-state index is 0.232. The number of ether oxygens (including phenoxy) is 1. The Morgan fingerprint density at radius 3 is 2.92 bits per heavy atom. The van der Waals surface area contributed by atoms with Crippen molar-refractivity contribution in [3.63, 3.8) is 0 Å². The molecule has 7 heteroatoms. The maximum Gasteiger partial charge on any atom is 0.253 e. The highest BCUT2D eigenvalue weighted by molar-refractivity contribution is 6.31. The summed E-state index contributed by atoms with van der Waals surface area (Å²) in [5.41, 5.74) is 2.70. The monoisotopic (exact) mass is 344 g/mol. The highest BCUT2D eigenvalue weighted by atomic mass is 35.5. The number of carbonyl (C=O) groups is 1. The van der Waals surface area contributed by atoms with Gasteiger partial charge in [-0.3, -0.25) is 4.79 Å². The predicted octanol–water partition coefficient (Wildman–Crippen LogP) is 2.74. The zero-order valence-corrected chi connectivity index (χ0v) is 14.1. The lowest BCUT2D eigenvalue weighted by atomic mass is 10.1. The Labute approximate surface area is 144 Å². The Hall–Kier alpha value is -2.44. The van der Waals surface area contributed by atoms with E-state index in [0.717, 1.165) is 11.2 Å². The van der Waals surface area contributed by atoms with Crippen LogP contribution < -0.4 is 5.32 Å². The van der Waals surface area contributed by atoms with Crippen LogP contribution in [0.5, 0.6) is 0 Å². The first kappa shape index (κ1) is 16.4. The third-order valence-electron chi connectivity index (χ3n) is 3.80. The molecule has 1 unspecified atom stereocenters. The minimum Gasteiger partial charge on any atom is -0.375 e. The largest absolute Gasteiger partial charge is 0.375 e. The molecule has 2 heterocycles. The van der Waals surface area contributed by atoms with E-state index in [1.54, 1.807) is 30.1 Å². The molecule has 0 spiro atoms. The van der Waals surface area contributed by atoms with Gasteiger partial charge in [0.15, 0.2) is 5.65 Å². The standard InChI is InChI=1S/C17H17ClN4O2/c1-22-10-21-14-7-11(8-19-16(14)22)17(23)20-9-15(24-2)12-5-3-4-6-13(12)18/h3-8,10,15H,9H2,1-2H3,(H,20,23). The Balaban J connectivity index is 1.72. The third-order valence-corrected chi connectivity index (χ3v) is 4.14. The number of methoxy groups -OCH3 is 1. The number of fused-ring (bicyclic) bond motifs is 1. The number of hydrogen-bond donors (Lipinski definition) is 1. The second kappa shape index (κ2) is 6.98. The van der Waals surface area contributed by atoms with Gasteiger partial charge in [-0.2, -0.15) is 0 Å². The van der Waals surface area contributed by atoms with Gasteiger partial charge in [-0.15, -0.1) is 0 Å². The van der Waals surface area contributed by atoms with Gasteiger partial charge in [0.25, 0.3) is 5.91 Å². The SMILES string of the molecule is COC(CNC(=O)c1cnc2c(c1)ncn2C)c1ccccc1Cl. The van der Waals surface area contributed by atoms with E-state index in [0.29, 0.717) is 22.6 Å². The average Bonchev–Trinajstić information content (AvgIpc) is 2.97. The van der Waals surface area contributed by atoms with Crippen LogP contribution in [0.2, 0.25) is 5.02 Å². The molecule has 0 aliphatic heterocycles. The lowest BCUT2D eigenvalue weighted by Gasteiger charge is -2.17. The summed E-state index contributed by atoms with van der Waals surface area (Å²) < 4.78 is 7.25. The summed E-state index contributed by atoms with van der Waals surface area (Å²) in [6.45, 7) is 0.305. The molecule has 1 aromatic carbocycles. The van der Waals surface area contributed by atoms with E-state index in [2.05, 4.69) is 15.3 Å². The molecule has 0 aliphatic carbocycles. The fourth-order valence-electron chi connectivity index (χ4n) is 2.48. The zero-order chi connectivity index (χ0) is 17.1. The van der Waals surface area contributed by atoms with Crippen molar-refractivity contribution in [2.75, 3.05) is 13.7 Å². The number of hydrogen-bond acceptors (Lipinski definition) is 4. The van der Waals surface area contributed by atoms with Crippen molar-refractivity contribution in [3.05, 3.63) is 59.0 Å². The maximum absolute atomic E-state index is 12.4. The van der Waals surface area contributed by atoms with Gasteiger partial charge in [0.1, 0.15) is 11.6 Å².